The molecule has 0 aliphatic carbocycles. The zero-order chi connectivity index (χ0) is 31.3. The number of hydrogen-bond acceptors (Lipinski definition) is 8. The van der Waals surface area contributed by atoms with Gasteiger partial charge in [0.05, 0.1) is 18.6 Å². The van der Waals surface area contributed by atoms with Crippen LogP contribution in [-0.4, -0.2) is 85.1 Å². The molecule has 236 valence electrons. The monoisotopic (exact) mass is 605 g/mol. The Morgan fingerprint density at radius 3 is 2.14 bits per heavy atom. The van der Waals surface area contributed by atoms with Crippen molar-refractivity contribution >= 4 is 19.1 Å². The molecule has 2 unspecified atom stereocenters. The molecule has 0 radical (unpaired) electrons. The van der Waals surface area contributed by atoms with Crippen LogP contribution in [0.25, 0.3) is 0 Å². The number of carbonyl (C=O) groups is 2. The molecule has 10 nitrogen and oxygen atoms in total. The molecule has 2 fully saturated rings. The summed E-state index contributed by atoms with van der Waals surface area (Å²) in [6.07, 6.45) is 3.68. The van der Waals surface area contributed by atoms with Gasteiger partial charge < -0.3 is 34.5 Å². The van der Waals surface area contributed by atoms with E-state index in [0.29, 0.717) is 39.3 Å². The Morgan fingerprint density at radius 1 is 0.955 bits per heavy atom. The van der Waals surface area contributed by atoms with Crippen LogP contribution >= 0.6 is 0 Å². The second kappa shape index (κ2) is 17.2. The van der Waals surface area contributed by atoms with Crippen LogP contribution in [-0.2, 0) is 38.3 Å². The van der Waals surface area contributed by atoms with Gasteiger partial charge in [-0.1, -0.05) is 61.5 Å². The van der Waals surface area contributed by atoms with Crippen molar-refractivity contribution in [3.63, 3.8) is 0 Å². The predicted octanol–water partition coefficient (Wildman–Crippen LogP) is 3.08. The molecule has 11 heteroatoms. The highest BCUT2D eigenvalue weighted by Gasteiger charge is 2.38. The Kier molecular flexibility index (Phi) is 13.1. The molecule has 2 heterocycles. The summed E-state index contributed by atoms with van der Waals surface area (Å²) in [5.74, 6) is -1.95. The molecule has 0 saturated carbocycles. The molecule has 2 aromatic rings. The quantitative estimate of drug-likeness (QED) is 0.296. The van der Waals surface area contributed by atoms with Crippen molar-refractivity contribution < 1.29 is 33.8 Å². The number of alkyl carbamates (subject to hydrolysis) is 1. The zero-order valence-electron chi connectivity index (χ0n) is 25.5. The van der Waals surface area contributed by atoms with E-state index in [9.17, 15) is 24.9 Å². The highest BCUT2D eigenvalue weighted by Crippen LogP contribution is 2.28. The summed E-state index contributed by atoms with van der Waals surface area (Å²) in [4.78, 5) is 28.3. The van der Waals surface area contributed by atoms with Crippen LogP contribution in [0.3, 0.4) is 0 Å². The van der Waals surface area contributed by atoms with E-state index in [0.717, 1.165) is 42.4 Å². The van der Waals surface area contributed by atoms with Gasteiger partial charge in [0.15, 0.2) is 0 Å². The van der Waals surface area contributed by atoms with E-state index >= 15 is 0 Å². The van der Waals surface area contributed by atoms with Crippen LogP contribution in [0.4, 0.5) is 4.79 Å². The predicted molar refractivity (Wildman–Crippen MR) is 165 cm³/mol. The fourth-order valence-electron chi connectivity index (χ4n) is 6.13. The highest BCUT2D eigenvalue weighted by molar-refractivity contribution is 6.43. The van der Waals surface area contributed by atoms with E-state index < -0.39 is 25.1 Å². The van der Waals surface area contributed by atoms with Crippen LogP contribution in [0, 0.1) is 23.2 Å². The van der Waals surface area contributed by atoms with Crippen LogP contribution < -0.4 is 5.32 Å². The molecule has 0 bridgehead atoms. The van der Waals surface area contributed by atoms with Crippen molar-refractivity contribution in [2.75, 3.05) is 33.0 Å². The minimum absolute atomic E-state index is 0.0807. The topological polar surface area (TPSA) is 141 Å². The lowest BCUT2D eigenvalue weighted by Crippen LogP contribution is -2.53. The second-order valence-electron chi connectivity index (χ2n) is 11.8. The molecule has 2 amide bonds. The SMILES string of the molecule is CC(Cc1cccc(CCOC(=O)N[C@@H](Cc2ccccc2)B(O)O)c1)C(C#N)C(=O)N(C1CCOCC1)C1CCOCC1. The van der Waals surface area contributed by atoms with Gasteiger partial charge in [0.25, 0.3) is 0 Å². The van der Waals surface area contributed by atoms with Gasteiger partial charge in [0.1, 0.15) is 5.92 Å². The lowest BCUT2D eigenvalue weighted by Gasteiger charge is -2.43. The lowest BCUT2D eigenvalue weighted by atomic mass is 9.76. The number of amides is 2. The van der Waals surface area contributed by atoms with Gasteiger partial charge in [-0.25, -0.2) is 4.79 Å². The second-order valence-corrected chi connectivity index (χ2v) is 11.8. The molecule has 0 spiro atoms. The third-order valence-electron chi connectivity index (χ3n) is 8.53. The number of rotatable bonds is 13. The van der Waals surface area contributed by atoms with Gasteiger partial charge in [0.2, 0.25) is 5.91 Å². The number of hydrogen-bond donors (Lipinski definition) is 3. The van der Waals surface area contributed by atoms with Crippen LogP contribution in [0.15, 0.2) is 54.6 Å². The Morgan fingerprint density at radius 2 is 1.55 bits per heavy atom. The third kappa shape index (κ3) is 9.79. The smallest absolute Gasteiger partial charge is 0.449 e. The fraction of sp³-hybridized carbons (Fsp3) is 0.545. The molecule has 2 saturated heterocycles. The summed E-state index contributed by atoms with van der Waals surface area (Å²) in [6, 6.07) is 19.6. The average molecular weight is 606 g/mol. The minimum Gasteiger partial charge on any atom is -0.449 e. The molecule has 3 atom stereocenters. The molecule has 3 N–H and O–H groups in total. The first-order valence-electron chi connectivity index (χ1n) is 15.6. The van der Waals surface area contributed by atoms with Crippen molar-refractivity contribution in [2.24, 2.45) is 11.8 Å². The van der Waals surface area contributed by atoms with E-state index in [1.54, 1.807) is 0 Å². The largest absolute Gasteiger partial charge is 0.475 e. The van der Waals surface area contributed by atoms with E-state index in [1.165, 1.54) is 0 Å². The van der Waals surface area contributed by atoms with Gasteiger partial charge in [-0.15, -0.1) is 0 Å². The molecule has 2 aliphatic rings. The first-order chi connectivity index (χ1) is 21.4. The fourth-order valence-corrected chi connectivity index (χ4v) is 6.13. The Balaban J connectivity index is 1.31. The zero-order valence-corrected chi connectivity index (χ0v) is 25.5. The summed E-state index contributed by atoms with van der Waals surface area (Å²) >= 11 is 0. The van der Waals surface area contributed by atoms with Crippen molar-refractivity contribution in [3.05, 3.63) is 71.3 Å². The van der Waals surface area contributed by atoms with Gasteiger partial charge in [-0.2, -0.15) is 5.26 Å². The molecule has 2 aliphatic heterocycles. The molecule has 2 aromatic carbocycles. The standard InChI is InChI=1S/C33H44BN3O7/c1-24(30(23-35)32(38)37(28-11-15-42-16-12-28)29-13-17-43-18-14-29)20-27-9-5-8-26(21-27)10-19-44-33(39)36-31(34(40)41)22-25-6-3-2-4-7-25/h2-9,21,24,28-31,40-41H,10-20,22H2,1H3,(H,36,39)/t24?,30?,31-/m0/s1. The number of carbonyl (C=O) groups excluding carboxylic acids is 2. The van der Waals surface area contributed by atoms with E-state index in [1.807, 2.05) is 66.4 Å². The summed E-state index contributed by atoms with van der Waals surface area (Å²) in [6.45, 7) is 4.56. The van der Waals surface area contributed by atoms with Crippen LogP contribution in [0.2, 0.25) is 0 Å². The number of nitrogens with one attached hydrogen (secondary N) is 1. The van der Waals surface area contributed by atoms with Gasteiger partial charge >= 0.3 is 13.2 Å². The molecular formula is C33H44BN3O7. The molecule has 44 heavy (non-hydrogen) atoms. The molecule has 4 rings (SSSR count). The van der Waals surface area contributed by atoms with Crippen molar-refractivity contribution in [1.29, 1.82) is 5.26 Å². The summed E-state index contributed by atoms with van der Waals surface area (Å²) < 4.78 is 16.4. The Hall–Kier alpha value is -3.43. The van der Waals surface area contributed by atoms with Gasteiger partial charge in [-0.05, 0) is 61.1 Å². The first-order valence-corrected chi connectivity index (χ1v) is 15.6. The average Bonchev–Trinajstić information content (AvgIpc) is 3.03. The minimum atomic E-state index is -1.73. The van der Waals surface area contributed by atoms with Crippen LogP contribution in [0.1, 0.15) is 49.3 Å². The highest BCUT2D eigenvalue weighted by atomic mass is 16.5. The maximum atomic E-state index is 13.9. The first kappa shape index (κ1) is 33.5. The van der Waals surface area contributed by atoms with Crippen molar-refractivity contribution in [1.82, 2.24) is 10.2 Å². The van der Waals surface area contributed by atoms with Crippen molar-refractivity contribution in [2.45, 2.75) is 69.9 Å². The van der Waals surface area contributed by atoms with Gasteiger partial charge in [-0.3, -0.25) is 4.79 Å². The third-order valence-corrected chi connectivity index (χ3v) is 8.53. The molecule has 0 aromatic heterocycles. The summed E-state index contributed by atoms with van der Waals surface area (Å²) in [5.41, 5.74) is 2.82. The van der Waals surface area contributed by atoms with E-state index in [4.69, 9.17) is 14.2 Å². The number of nitrogens with zero attached hydrogens (tertiary/aromatic N) is 2. The van der Waals surface area contributed by atoms with E-state index in [2.05, 4.69) is 11.4 Å². The maximum absolute atomic E-state index is 13.9. The molecular weight excluding hydrogens is 561 g/mol. The Labute approximate surface area is 260 Å². The summed E-state index contributed by atoms with van der Waals surface area (Å²) in [5, 5.41) is 32.1. The Bertz CT molecular complexity index is 1210. The lowest BCUT2D eigenvalue weighted by molar-refractivity contribution is -0.145. The number of benzene rings is 2. The number of nitriles is 1. The van der Waals surface area contributed by atoms with Gasteiger partial charge in [0, 0.05) is 44.9 Å². The van der Waals surface area contributed by atoms with Crippen molar-refractivity contribution in [3.8, 4) is 6.07 Å². The number of ether oxygens (including phenoxy) is 3. The summed E-state index contributed by atoms with van der Waals surface area (Å²) in [7, 11) is -1.73. The van der Waals surface area contributed by atoms with E-state index in [-0.39, 0.29) is 36.9 Å². The maximum Gasteiger partial charge on any atom is 0.475 e. The van der Waals surface area contributed by atoms with Crippen LogP contribution in [0.5, 0.6) is 0 Å². The normalized spacial score (nSPS) is 18.0.